The van der Waals surface area contributed by atoms with Gasteiger partial charge < -0.3 is 10.1 Å². The molecule has 0 spiro atoms. The molecule has 120 valence electrons. The maximum Gasteiger partial charge on any atom is 0.338 e. The van der Waals surface area contributed by atoms with Gasteiger partial charge in [-0.15, -0.1) is 0 Å². The van der Waals surface area contributed by atoms with Crippen molar-refractivity contribution in [3.63, 3.8) is 0 Å². The van der Waals surface area contributed by atoms with Crippen LogP contribution in [0.1, 0.15) is 15.9 Å². The molecule has 1 heterocycles. The number of esters is 1. The van der Waals surface area contributed by atoms with Gasteiger partial charge in [0.2, 0.25) is 0 Å². The van der Waals surface area contributed by atoms with Crippen molar-refractivity contribution in [1.82, 2.24) is 4.98 Å². The van der Waals surface area contributed by atoms with Crippen LogP contribution in [0.4, 0.5) is 5.82 Å². The van der Waals surface area contributed by atoms with E-state index in [1.54, 1.807) is 19.1 Å². The molecule has 1 N–H and O–H groups in total. The highest BCUT2D eigenvalue weighted by atomic mass is 35.5. The molecule has 1 aromatic heterocycles. The number of amides is 1. The van der Waals surface area contributed by atoms with Crippen LogP contribution in [0.5, 0.6) is 0 Å². The number of pyridine rings is 1. The zero-order valence-corrected chi connectivity index (χ0v) is 14.2. The van der Waals surface area contributed by atoms with E-state index in [2.05, 4.69) is 10.3 Å². The van der Waals surface area contributed by atoms with Crippen LogP contribution in [-0.2, 0) is 9.53 Å². The van der Waals surface area contributed by atoms with Gasteiger partial charge in [0.1, 0.15) is 0 Å². The Morgan fingerprint density at radius 1 is 1.17 bits per heavy atom. The molecule has 0 radical (unpaired) electrons. The molecule has 23 heavy (non-hydrogen) atoms. The van der Waals surface area contributed by atoms with E-state index in [-0.39, 0.29) is 10.8 Å². The Bertz CT molecular complexity index is 748. The summed E-state index contributed by atoms with van der Waals surface area (Å²) in [4.78, 5) is 27.5. The molecular weight excluding hydrogens is 363 g/mol. The van der Waals surface area contributed by atoms with Crippen LogP contribution in [-0.4, -0.2) is 23.5 Å². The molecule has 1 aromatic carbocycles. The summed E-state index contributed by atoms with van der Waals surface area (Å²) in [7, 11) is 0. The highest BCUT2D eigenvalue weighted by Gasteiger charge is 2.14. The second kappa shape index (κ2) is 7.64. The number of rotatable bonds is 4. The van der Waals surface area contributed by atoms with Gasteiger partial charge in [-0.25, -0.2) is 9.78 Å². The second-order valence-corrected chi connectivity index (χ2v) is 5.75. The third-order valence-corrected chi connectivity index (χ3v) is 3.97. The molecule has 0 aliphatic carbocycles. The first-order valence-corrected chi connectivity index (χ1v) is 7.55. The lowest BCUT2D eigenvalue weighted by atomic mass is 10.2. The number of nitrogens with zero attached hydrogens (tertiary/aromatic N) is 1. The first-order chi connectivity index (χ1) is 10.9. The topological polar surface area (TPSA) is 68.3 Å². The van der Waals surface area contributed by atoms with E-state index in [9.17, 15) is 9.59 Å². The number of aromatic nitrogens is 1. The molecule has 8 heteroatoms. The highest BCUT2D eigenvalue weighted by molar-refractivity contribution is 6.37. The second-order valence-electron chi connectivity index (χ2n) is 4.52. The third-order valence-electron chi connectivity index (χ3n) is 2.87. The molecule has 5 nitrogen and oxygen atoms in total. The van der Waals surface area contributed by atoms with Gasteiger partial charge in [-0.3, -0.25) is 4.79 Å². The first-order valence-electron chi connectivity index (χ1n) is 6.41. The Kier molecular flexibility index (Phi) is 5.82. The number of hydrogen-bond donors (Lipinski definition) is 1. The predicted molar refractivity (Wildman–Crippen MR) is 89.4 cm³/mol. The maximum atomic E-state index is 11.8. The SMILES string of the molecule is Cc1c(Cl)cnc(NC(=O)COC(=O)c2ccc(Cl)cc2)c1Cl. The summed E-state index contributed by atoms with van der Waals surface area (Å²) in [5.74, 6) is -1.05. The number of benzene rings is 1. The van der Waals surface area contributed by atoms with Crippen LogP contribution in [0.2, 0.25) is 15.1 Å². The summed E-state index contributed by atoms with van der Waals surface area (Å²) in [5, 5.41) is 3.58. The number of anilines is 1. The van der Waals surface area contributed by atoms with Crippen LogP contribution in [0, 0.1) is 6.92 Å². The van der Waals surface area contributed by atoms with Crippen LogP contribution >= 0.6 is 34.8 Å². The molecule has 0 saturated carbocycles. The van der Waals surface area contributed by atoms with Crippen molar-refractivity contribution in [3.05, 3.63) is 56.7 Å². The van der Waals surface area contributed by atoms with Crippen molar-refractivity contribution in [3.8, 4) is 0 Å². The number of hydrogen-bond acceptors (Lipinski definition) is 4. The van der Waals surface area contributed by atoms with Crippen molar-refractivity contribution in [1.29, 1.82) is 0 Å². The molecule has 2 rings (SSSR count). The minimum atomic E-state index is -0.636. The Hall–Kier alpha value is -1.82. The molecule has 0 saturated heterocycles. The summed E-state index contributed by atoms with van der Waals surface area (Å²) in [6.07, 6.45) is 1.37. The maximum absolute atomic E-state index is 11.8. The number of carbonyl (C=O) groups is 2. The molecule has 1 amide bonds. The largest absolute Gasteiger partial charge is 0.452 e. The normalized spacial score (nSPS) is 10.3. The smallest absolute Gasteiger partial charge is 0.338 e. The van der Waals surface area contributed by atoms with Crippen molar-refractivity contribution in [2.45, 2.75) is 6.92 Å². The van der Waals surface area contributed by atoms with E-state index in [0.717, 1.165) is 0 Å². The Morgan fingerprint density at radius 2 is 1.83 bits per heavy atom. The van der Waals surface area contributed by atoms with Gasteiger partial charge in [-0.1, -0.05) is 34.8 Å². The van der Waals surface area contributed by atoms with Crippen LogP contribution in [0.15, 0.2) is 30.5 Å². The fourth-order valence-electron chi connectivity index (χ4n) is 1.61. The van der Waals surface area contributed by atoms with E-state index < -0.39 is 18.5 Å². The van der Waals surface area contributed by atoms with Crippen molar-refractivity contribution < 1.29 is 14.3 Å². The standard InChI is InChI=1S/C15H11Cl3N2O3/c1-8-11(17)6-19-14(13(8)18)20-12(21)7-23-15(22)9-2-4-10(16)5-3-9/h2-6H,7H2,1H3,(H,19,20,21). The molecule has 0 aliphatic heterocycles. The lowest BCUT2D eigenvalue weighted by Gasteiger charge is -2.09. The van der Waals surface area contributed by atoms with Crippen molar-refractivity contribution in [2.75, 3.05) is 11.9 Å². The predicted octanol–water partition coefficient (Wildman–Crippen LogP) is 4.15. The Balaban J connectivity index is 1.94. The van der Waals surface area contributed by atoms with Gasteiger partial charge in [0.05, 0.1) is 15.6 Å². The van der Waals surface area contributed by atoms with Gasteiger partial charge in [-0.2, -0.15) is 0 Å². The monoisotopic (exact) mass is 372 g/mol. The fourth-order valence-corrected chi connectivity index (χ4v) is 2.13. The number of halogens is 3. The Morgan fingerprint density at radius 3 is 2.48 bits per heavy atom. The van der Waals surface area contributed by atoms with Crippen molar-refractivity contribution in [2.24, 2.45) is 0 Å². The summed E-state index contributed by atoms with van der Waals surface area (Å²) in [6.45, 7) is 1.23. The molecule has 0 fully saturated rings. The number of carbonyl (C=O) groups excluding carboxylic acids is 2. The quantitative estimate of drug-likeness (QED) is 0.818. The summed E-state index contributed by atoms with van der Waals surface area (Å²) >= 11 is 17.6. The third kappa shape index (κ3) is 4.58. The molecular formula is C15H11Cl3N2O3. The fraction of sp³-hybridized carbons (Fsp3) is 0.133. The first kappa shape index (κ1) is 17.5. The lowest BCUT2D eigenvalue weighted by molar-refractivity contribution is -0.119. The van der Waals surface area contributed by atoms with Gasteiger partial charge in [0.15, 0.2) is 12.4 Å². The van der Waals surface area contributed by atoms with Gasteiger partial charge >= 0.3 is 5.97 Å². The summed E-state index contributed by atoms with van der Waals surface area (Å²) in [6, 6.07) is 6.11. The van der Waals surface area contributed by atoms with E-state index in [1.807, 2.05) is 0 Å². The minimum absolute atomic E-state index is 0.154. The lowest BCUT2D eigenvalue weighted by Crippen LogP contribution is -2.21. The van der Waals surface area contributed by atoms with E-state index in [0.29, 0.717) is 21.2 Å². The zero-order valence-electron chi connectivity index (χ0n) is 11.9. The molecule has 0 unspecified atom stereocenters. The minimum Gasteiger partial charge on any atom is -0.452 e. The van der Waals surface area contributed by atoms with Crippen molar-refractivity contribution >= 4 is 52.5 Å². The highest BCUT2D eigenvalue weighted by Crippen LogP contribution is 2.28. The average Bonchev–Trinajstić information content (AvgIpc) is 2.54. The van der Waals surface area contributed by atoms with E-state index >= 15 is 0 Å². The van der Waals surface area contributed by atoms with Crippen LogP contribution in [0.3, 0.4) is 0 Å². The average molecular weight is 374 g/mol. The molecule has 0 bridgehead atoms. The van der Waals surface area contributed by atoms with Gasteiger partial charge in [-0.05, 0) is 36.8 Å². The van der Waals surface area contributed by atoms with E-state index in [1.165, 1.54) is 18.3 Å². The molecule has 2 aromatic rings. The Labute approximate surface area is 147 Å². The number of nitrogens with one attached hydrogen (secondary N) is 1. The van der Waals surface area contributed by atoms with Crippen LogP contribution < -0.4 is 5.32 Å². The van der Waals surface area contributed by atoms with Crippen LogP contribution in [0.25, 0.3) is 0 Å². The number of ether oxygens (including phenoxy) is 1. The molecule has 0 atom stereocenters. The van der Waals surface area contributed by atoms with Gasteiger partial charge in [0, 0.05) is 11.2 Å². The summed E-state index contributed by atoms with van der Waals surface area (Å²) in [5.41, 5.74) is 0.887. The van der Waals surface area contributed by atoms with E-state index in [4.69, 9.17) is 39.5 Å². The zero-order chi connectivity index (χ0) is 17.0. The summed E-state index contributed by atoms with van der Waals surface area (Å²) < 4.78 is 4.90. The van der Waals surface area contributed by atoms with Gasteiger partial charge in [0.25, 0.3) is 5.91 Å². The molecule has 0 aliphatic rings.